The fourth-order valence-corrected chi connectivity index (χ4v) is 3.54. The van der Waals surface area contributed by atoms with Crippen LogP contribution in [0.4, 0.5) is 0 Å². The molecule has 0 spiro atoms. The van der Waals surface area contributed by atoms with Crippen LogP contribution in [-0.4, -0.2) is 30.2 Å². The van der Waals surface area contributed by atoms with Crippen molar-refractivity contribution < 1.29 is 19.1 Å². The summed E-state index contributed by atoms with van der Waals surface area (Å²) < 4.78 is 10.5. The minimum atomic E-state index is -1.35. The highest BCUT2D eigenvalue weighted by Crippen LogP contribution is 2.43. The second-order valence-electron chi connectivity index (χ2n) is 5.06. The van der Waals surface area contributed by atoms with Crippen molar-refractivity contribution >= 4 is 23.7 Å². The molecule has 0 fully saturated rings. The number of thioether (sulfide) groups is 1. The predicted molar refractivity (Wildman–Crippen MR) is 88.7 cm³/mol. The summed E-state index contributed by atoms with van der Waals surface area (Å²) in [5.41, 5.74) is 0.969. The quantitative estimate of drug-likeness (QED) is 0.538. The van der Waals surface area contributed by atoms with Crippen molar-refractivity contribution in [1.82, 2.24) is 0 Å². The summed E-state index contributed by atoms with van der Waals surface area (Å²) in [6.45, 7) is 3.41. The molecule has 2 unspecified atom stereocenters. The van der Waals surface area contributed by atoms with Crippen LogP contribution in [0.2, 0.25) is 0 Å². The Bertz CT molecular complexity index is 489. The van der Waals surface area contributed by atoms with Gasteiger partial charge in [-0.2, -0.15) is 0 Å². The zero-order chi connectivity index (χ0) is 16.6. The van der Waals surface area contributed by atoms with Gasteiger partial charge in [-0.15, -0.1) is 11.8 Å². The van der Waals surface area contributed by atoms with Crippen LogP contribution in [0.1, 0.15) is 44.6 Å². The Morgan fingerprint density at radius 3 is 2.36 bits per heavy atom. The second-order valence-corrected chi connectivity index (χ2v) is 6.08. The molecule has 0 saturated carbocycles. The zero-order valence-electron chi connectivity index (χ0n) is 13.6. The number of unbranched alkanes of at least 4 members (excludes halogenated alkanes) is 1. The van der Waals surface area contributed by atoms with Crippen molar-refractivity contribution in [3.05, 3.63) is 35.9 Å². The topological polar surface area (TPSA) is 52.6 Å². The lowest BCUT2D eigenvalue weighted by atomic mass is 9.87. The first-order valence-corrected chi connectivity index (χ1v) is 8.62. The van der Waals surface area contributed by atoms with Gasteiger partial charge in [0, 0.05) is 12.8 Å². The van der Waals surface area contributed by atoms with Crippen LogP contribution in [0.3, 0.4) is 0 Å². The molecule has 1 aromatic rings. The average molecular weight is 324 g/mol. The van der Waals surface area contributed by atoms with Crippen molar-refractivity contribution in [2.24, 2.45) is 0 Å². The van der Waals surface area contributed by atoms with Crippen LogP contribution in [-0.2, 0) is 19.1 Å². The smallest absolute Gasteiger partial charge is 0.361 e. The molecule has 0 bridgehead atoms. The number of hydrogen-bond donors (Lipinski definition) is 0. The monoisotopic (exact) mass is 324 g/mol. The maximum Gasteiger partial charge on any atom is 0.361 e. The van der Waals surface area contributed by atoms with Crippen LogP contribution in [0, 0.1) is 0 Å². The third-order valence-corrected chi connectivity index (χ3v) is 4.72. The van der Waals surface area contributed by atoms with Crippen LogP contribution < -0.4 is 0 Å². The van der Waals surface area contributed by atoms with E-state index in [-0.39, 0.29) is 5.92 Å². The van der Waals surface area contributed by atoms with E-state index >= 15 is 0 Å². The van der Waals surface area contributed by atoms with Crippen LogP contribution in [0.5, 0.6) is 0 Å². The first-order valence-electron chi connectivity index (χ1n) is 7.39. The first kappa shape index (κ1) is 18.6. The molecule has 5 heteroatoms. The third-order valence-electron chi connectivity index (χ3n) is 3.58. The molecule has 0 amide bonds. The van der Waals surface area contributed by atoms with Gasteiger partial charge in [0.2, 0.25) is 0 Å². The summed E-state index contributed by atoms with van der Waals surface area (Å²) >= 11 is 1.21. The molecule has 0 aliphatic carbocycles. The van der Waals surface area contributed by atoms with Gasteiger partial charge in [-0.3, -0.25) is 4.79 Å². The standard InChI is InChI=1S/C17H24O4S/c1-5-6-12-15(14-10-8-7-9-11-14)17(22-4,16(19)20-3)21-13(2)18/h7-11,15H,5-6,12H2,1-4H3. The van der Waals surface area contributed by atoms with E-state index in [0.717, 1.165) is 24.8 Å². The van der Waals surface area contributed by atoms with Gasteiger partial charge in [0.1, 0.15) is 0 Å². The number of ether oxygens (including phenoxy) is 2. The van der Waals surface area contributed by atoms with E-state index in [0.29, 0.717) is 0 Å². The zero-order valence-corrected chi connectivity index (χ0v) is 14.4. The average Bonchev–Trinajstić information content (AvgIpc) is 2.53. The molecule has 4 nitrogen and oxygen atoms in total. The Morgan fingerprint density at radius 2 is 1.91 bits per heavy atom. The Kier molecular flexibility index (Phi) is 7.45. The Labute approximate surface area is 136 Å². The lowest BCUT2D eigenvalue weighted by molar-refractivity contribution is -0.170. The molecule has 22 heavy (non-hydrogen) atoms. The van der Waals surface area contributed by atoms with E-state index in [1.165, 1.54) is 25.8 Å². The van der Waals surface area contributed by atoms with E-state index in [9.17, 15) is 9.59 Å². The summed E-state index contributed by atoms with van der Waals surface area (Å²) in [6.07, 6.45) is 4.43. The summed E-state index contributed by atoms with van der Waals surface area (Å²) in [5.74, 6) is -1.27. The van der Waals surface area contributed by atoms with Gasteiger partial charge >= 0.3 is 11.9 Å². The second kappa shape index (κ2) is 8.83. The summed E-state index contributed by atoms with van der Waals surface area (Å²) in [7, 11) is 1.32. The minimum Gasteiger partial charge on any atom is -0.465 e. The maximum atomic E-state index is 12.5. The van der Waals surface area contributed by atoms with Crippen molar-refractivity contribution in [3.63, 3.8) is 0 Å². The third kappa shape index (κ3) is 4.26. The van der Waals surface area contributed by atoms with E-state index in [4.69, 9.17) is 9.47 Å². The van der Waals surface area contributed by atoms with Crippen LogP contribution >= 0.6 is 11.8 Å². The number of methoxy groups -OCH3 is 1. The fraction of sp³-hybridized carbons (Fsp3) is 0.529. The van der Waals surface area contributed by atoms with Gasteiger partial charge in [-0.05, 0) is 18.2 Å². The lowest BCUT2D eigenvalue weighted by Gasteiger charge is -2.36. The number of rotatable bonds is 8. The van der Waals surface area contributed by atoms with E-state index in [2.05, 4.69) is 6.92 Å². The molecule has 0 aliphatic heterocycles. The molecule has 1 rings (SSSR count). The van der Waals surface area contributed by atoms with Crippen molar-refractivity contribution in [3.8, 4) is 0 Å². The van der Waals surface area contributed by atoms with Gasteiger partial charge < -0.3 is 9.47 Å². The molecular formula is C17H24O4S. The number of hydrogen-bond acceptors (Lipinski definition) is 5. The number of esters is 2. The first-order chi connectivity index (χ1) is 10.5. The van der Waals surface area contributed by atoms with Crippen molar-refractivity contribution in [2.75, 3.05) is 13.4 Å². The van der Waals surface area contributed by atoms with Gasteiger partial charge in [0.05, 0.1) is 7.11 Å². The number of carbonyl (C=O) groups excluding carboxylic acids is 2. The molecule has 0 aliphatic rings. The minimum absolute atomic E-state index is 0.250. The van der Waals surface area contributed by atoms with Gasteiger partial charge in [-0.25, -0.2) is 4.79 Å². The highest BCUT2D eigenvalue weighted by atomic mass is 32.2. The molecule has 122 valence electrons. The number of benzene rings is 1. The molecule has 0 radical (unpaired) electrons. The molecular weight excluding hydrogens is 300 g/mol. The SMILES string of the molecule is CCCCC(c1ccccc1)C(OC(C)=O)(SC)C(=O)OC. The molecule has 2 atom stereocenters. The molecule has 0 heterocycles. The summed E-state index contributed by atoms with van der Waals surface area (Å²) in [4.78, 5) is 22.7. The summed E-state index contributed by atoms with van der Waals surface area (Å²) in [6, 6.07) is 9.68. The number of carbonyl (C=O) groups is 2. The predicted octanol–water partition coefficient (Wildman–Crippen LogP) is 3.76. The van der Waals surface area contributed by atoms with E-state index < -0.39 is 16.9 Å². The normalized spacial score (nSPS) is 14.7. The molecule has 1 aromatic carbocycles. The van der Waals surface area contributed by atoms with Gasteiger partial charge in [0.25, 0.3) is 4.93 Å². The molecule has 0 saturated heterocycles. The fourth-order valence-electron chi connectivity index (χ4n) is 2.55. The highest BCUT2D eigenvalue weighted by molar-refractivity contribution is 8.00. The Morgan fingerprint density at radius 1 is 1.27 bits per heavy atom. The highest BCUT2D eigenvalue weighted by Gasteiger charge is 2.50. The maximum absolute atomic E-state index is 12.5. The van der Waals surface area contributed by atoms with Crippen molar-refractivity contribution in [1.29, 1.82) is 0 Å². The van der Waals surface area contributed by atoms with Gasteiger partial charge in [0.15, 0.2) is 0 Å². The van der Waals surface area contributed by atoms with E-state index in [1.807, 2.05) is 30.3 Å². The Balaban J connectivity index is 3.34. The van der Waals surface area contributed by atoms with Crippen LogP contribution in [0.15, 0.2) is 30.3 Å². The Hall–Kier alpha value is -1.49. The summed E-state index contributed by atoms with van der Waals surface area (Å²) in [5, 5.41) is 0. The van der Waals surface area contributed by atoms with Crippen LogP contribution in [0.25, 0.3) is 0 Å². The molecule has 0 N–H and O–H groups in total. The largest absolute Gasteiger partial charge is 0.465 e. The van der Waals surface area contributed by atoms with E-state index in [1.54, 1.807) is 6.26 Å². The van der Waals surface area contributed by atoms with Crippen molar-refractivity contribution in [2.45, 2.75) is 44.0 Å². The lowest BCUT2D eigenvalue weighted by Crippen LogP contribution is -2.46. The van der Waals surface area contributed by atoms with Gasteiger partial charge in [-0.1, -0.05) is 50.1 Å². The molecule has 0 aromatic heterocycles.